The van der Waals surface area contributed by atoms with Crippen molar-refractivity contribution in [3.8, 4) is 5.75 Å². The number of phenols is 1. The summed E-state index contributed by atoms with van der Waals surface area (Å²) < 4.78 is 5.35. The van der Waals surface area contributed by atoms with Crippen molar-refractivity contribution in [2.45, 2.75) is 0 Å². The van der Waals surface area contributed by atoms with Gasteiger partial charge < -0.3 is 9.52 Å². The average Bonchev–Trinajstić information content (AvgIpc) is 3.16. The van der Waals surface area contributed by atoms with Crippen LogP contribution in [0.4, 0.5) is 5.69 Å². The number of nitro benzene ring substituents is 1. The maximum Gasteiger partial charge on any atom is 0.286 e. The van der Waals surface area contributed by atoms with E-state index in [0.29, 0.717) is 10.7 Å². The zero-order valence-corrected chi connectivity index (χ0v) is 14.0. The maximum absolute atomic E-state index is 12.3. The second kappa shape index (κ2) is 6.87. The van der Waals surface area contributed by atoms with Crippen LogP contribution in [0.15, 0.2) is 51.0 Å². The molecule has 1 saturated heterocycles. The Bertz CT molecular complexity index is 921. The molecule has 1 aromatic carbocycles. The molecule has 2 aromatic rings. The van der Waals surface area contributed by atoms with Crippen LogP contribution in [-0.4, -0.2) is 31.5 Å². The Labute approximate surface area is 150 Å². The lowest BCUT2D eigenvalue weighted by molar-refractivity contribution is -0.384. The summed E-state index contributed by atoms with van der Waals surface area (Å²) in [7, 11) is 0. The molecule has 25 heavy (non-hydrogen) atoms. The van der Waals surface area contributed by atoms with Gasteiger partial charge in [0.1, 0.15) is 11.5 Å². The SMILES string of the molecule is O=C1C(=Cc2ccco2)SC(=S)N1N=Cc1cc([N+](=O)[O-])ccc1O. The summed E-state index contributed by atoms with van der Waals surface area (Å²) in [6, 6.07) is 6.88. The van der Waals surface area contributed by atoms with Crippen molar-refractivity contribution >= 4 is 52.2 Å². The number of nitro groups is 1. The topological polar surface area (TPSA) is 109 Å². The van der Waals surface area contributed by atoms with E-state index in [4.69, 9.17) is 16.6 Å². The third-order valence-corrected chi connectivity index (χ3v) is 4.41. The number of thiocarbonyl (C=S) groups is 1. The number of carbonyl (C=O) groups excluding carboxylic acids is 1. The molecule has 126 valence electrons. The lowest BCUT2D eigenvalue weighted by Crippen LogP contribution is -2.22. The van der Waals surface area contributed by atoms with E-state index in [-0.39, 0.29) is 21.3 Å². The first-order chi connectivity index (χ1) is 12.0. The van der Waals surface area contributed by atoms with Crippen LogP contribution in [0.3, 0.4) is 0 Å². The van der Waals surface area contributed by atoms with Gasteiger partial charge in [0, 0.05) is 23.8 Å². The molecule has 10 heteroatoms. The smallest absolute Gasteiger partial charge is 0.286 e. The quantitative estimate of drug-likeness (QED) is 0.287. The Morgan fingerprint density at radius 1 is 1.40 bits per heavy atom. The van der Waals surface area contributed by atoms with E-state index in [0.717, 1.165) is 29.1 Å². The number of thioether (sulfide) groups is 1. The third kappa shape index (κ3) is 3.59. The number of hydrogen-bond donors (Lipinski definition) is 1. The average molecular weight is 375 g/mol. The zero-order chi connectivity index (χ0) is 18.0. The van der Waals surface area contributed by atoms with Crippen LogP contribution in [0, 0.1) is 10.1 Å². The number of benzene rings is 1. The number of aromatic hydroxyl groups is 1. The Balaban J connectivity index is 1.84. The molecule has 0 spiro atoms. The number of hydrazone groups is 1. The van der Waals surface area contributed by atoms with Gasteiger partial charge in [-0.05, 0) is 30.4 Å². The molecule has 1 fully saturated rings. The standard InChI is InChI=1S/C15H9N3O5S2/c19-12-4-3-10(18(21)22)6-9(12)8-16-17-14(20)13(25-15(17)24)7-11-2-1-5-23-11/h1-8,19H. The van der Waals surface area contributed by atoms with Crippen LogP contribution in [0.25, 0.3) is 6.08 Å². The Hall–Kier alpha value is -2.98. The number of carbonyl (C=O) groups is 1. The van der Waals surface area contributed by atoms with Crippen LogP contribution in [0.5, 0.6) is 5.75 Å². The van der Waals surface area contributed by atoms with Crippen molar-refractivity contribution in [1.82, 2.24) is 5.01 Å². The van der Waals surface area contributed by atoms with Gasteiger partial charge in [-0.2, -0.15) is 10.1 Å². The molecule has 0 unspecified atom stereocenters. The van der Waals surface area contributed by atoms with Crippen LogP contribution in [-0.2, 0) is 4.79 Å². The van der Waals surface area contributed by atoms with E-state index in [1.54, 1.807) is 18.2 Å². The van der Waals surface area contributed by atoms with Crippen LogP contribution >= 0.6 is 24.0 Å². The molecule has 1 aliphatic rings. The molecule has 0 aliphatic carbocycles. The van der Waals surface area contributed by atoms with Crippen molar-refractivity contribution in [1.29, 1.82) is 0 Å². The Morgan fingerprint density at radius 3 is 2.88 bits per heavy atom. The highest BCUT2D eigenvalue weighted by atomic mass is 32.2. The van der Waals surface area contributed by atoms with Gasteiger partial charge in [-0.25, -0.2) is 0 Å². The minimum Gasteiger partial charge on any atom is -0.507 e. The molecule has 0 atom stereocenters. The molecule has 1 amide bonds. The van der Waals surface area contributed by atoms with E-state index >= 15 is 0 Å². The summed E-state index contributed by atoms with van der Waals surface area (Å²) in [4.78, 5) is 22.9. The number of rotatable bonds is 4. The number of nitrogens with zero attached hydrogens (tertiary/aromatic N) is 3. The maximum atomic E-state index is 12.3. The highest BCUT2D eigenvalue weighted by Crippen LogP contribution is 2.33. The number of non-ortho nitro benzene ring substituents is 1. The highest BCUT2D eigenvalue weighted by molar-refractivity contribution is 8.26. The van der Waals surface area contributed by atoms with Gasteiger partial charge in [-0.1, -0.05) is 11.8 Å². The van der Waals surface area contributed by atoms with Crippen LogP contribution < -0.4 is 0 Å². The van der Waals surface area contributed by atoms with Crippen molar-refractivity contribution in [2.75, 3.05) is 0 Å². The summed E-state index contributed by atoms with van der Waals surface area (Å²) in [5.74, 6) is -0.153. The second-order valence-corrected chi connectivity index (χ2v) is 6.43. The highest BCUT2D eigenvalue weighted by Gasteiger charge is 2.32. The Kier molecular flexibility index (Phi) is 4.63. The van der Waals surface area contributed by atoms with Crippen LogP contribution in [0.2, 0.25) is 0 Å². The van der Waals surface area contributed by atoms with E-state index in [2.05, 4.69) is 5.10 Å². The molecule has 1 N–H and O–H groups in total. The van der Waals surface area contributed by atoms with Gasteiger partial charge in [0.25, 0.3) is 11.6 Å². The number of hydrogen-bond acceptors (Lipinski definition) is 8. The second-order valence-electron chi connectivity index (χ2n) is 4.75. The lowest BCUT2D eigenvalue weighted by atomic mass is 10.2. The van der Waals surface area contributed by atoms with Crippen molar-refractivity contribution in [3.05, 3.63) is 62.9 Å². The Morgan fingerprint density at radius 2 is 2.20 bits per heavy atom. The fraction of sp³-hybridized carbons (Fsp3) is 0. The summed E-state index contributed by atoms with van der Waals surface area (Å²) in [6.07, 6.45) is 4.17. The molecular formula is C15H9N3O5S2. The van der Waals surface area contributed by atoms with Gasteiger partial charge in [0.15, 0.2) is 4.32 Å². The molecule has 3 rings (SSSR count). The van der Waals surface area contributed by atoms with E-state index < -0.39 is 10.8 Å². The lowest BCUT2D eigenvalue weighted by Gasteiger charge is -2.06. The van der Waals surface area contributed by atoms with E-state index in [1.165, 1.54) is 18.4 Å². The molecule has 0 bridgehead atoms. The van der Waals surface area contributed by atoms with Gasteiger partial charge >= 0.3 is 0 Å². The van der Waals surface area contributed by atoms with Crippen molar-refractivity contribution in [3.63, 3.8) is 0 Å². The van der Waals surface area contributed by atoms with Gasteiger partial charge in [-0.15, -0.1) is 0 Å². The number of amides is 1. The van der Waals surface area contributed by atoms with Crippen LogP contribution in [0.1, 0.15) is 11.3 Å². The van der Waals surface area contributed by atoms with E-state index in [1.807, 2.05) is 0 Å². The fourth-order valence-electron chi connectivity index (χ4n) is 1.94. The number of furan rings is 1. The summed E-state index contributed by atoms with van der Waals surface area (Å²) in [5.41, 5.74) is -0.111. The first-order valence-electron chi connectivity index (χ1n) is 6.78. The summed E-state index contributed by atoms with van der Waals surface area (Å²) >= 11 is 6.17. The third-order valence-electron chi connectivity index (χ3n) is 3.12. The molecule has 2 heterocycles. The van der Waals surface area contributed by atoms with Crippen molar-refractivity contribution in [2.24, 2.45) is 5.10 Å². The molecule has 0 radical (unpaired) electrons. The van der Waals surface area contributed by atoms with Crippen molar-refractivity contribution < 1.29 is 19.2 Å². The minimum atomic E-state index is -0.595. The summed E-state index contributed by atoms with van der Waals surface area (Å²) in [6.45, 7) is 0. The monoisotopic (exact) mass is 375 g/mol. The normalized spacial score (nSPS) is 16.3. The first kappa shape index (κ1) is 16.9. The predicted molar refractivity (Wildman–Crippen MR) is 96.1 cm³/mol. The first-order valence-corrected chi connectivity index (χ1v) is 8.01. The summed E-state index contributed by atoms with van der Waals surface area (Å²) in [5, 5.41) is 25.5. The number of phenolic OH excluding ortho intramolecular Hbond substituents is 1. The minimum absolute atomic E-state index is 0.0956. The molecule has 1 aliphatic heterocycles. The molecule has 0 saturated carbocycles. The molecule has 8 nitrogen and oxygen atoms in total. The largest absolute Gasteiger partial charge is 0.507 e. The molecule has 1 aromatic heterocycles. The van der Waals surface area contributed by atoms with Gasteiger partial charge in [0.2, 0.25) is 0 Å². The van der Waals surface area contributed by atoms with Gasteiger partial charge in [-0.3, -0.25) is 14.9 Å². The predicted octanol–water partition coefficient (Wildman–Crippen LogP) is 3.13. The zero-order valence-electron chi connectivity index (χ0n) is 12.4. The van der Waals surface area contributed by atoms with Gasteiger partial charge in [0.05, 0.1) is 22.3 Å². The fourth-order valence-corrected chi connectivity index (χ4v) is 3.09. The molecular weight excluding hydrogens is 366 g/mol. The van der Waals surface area contributed by atoms with E-state index in [9.17, 15) is 20.0 Å².